The van der Waals surface area contributed by atoms with Crippen molar-refractivity contribution in [1.82, 2.24) is 20.6 Å². The Morgan fingerprint density at radius 3 is 1.31 bits per heavy atom. The van der Waals surface area contributed by atoms with Crippen molar-refractivity contribution in [3.8, 4) is 34.6 Å². The van der Waals surface area contributed by atoms with Gasteiger partial charge in [-0.25, -0.2) is 8.78 Å². The molecule has 0 saturated heterocycles. The van der Waals surface area contributed by atoms with Gasteiger partial charge in [-0.2, -0.15) is 9.97 Å². The minimum atomic E-state index is -1.11. The predicted molar refractivity (Wildman–Crippen MR) is 265 cm³/mol. The quantitative estimate of drug-likeness (QED) is 0.0317. The van der Waals surface area contributed by atoms with Gasteiger partial charge in [-0.05, 0) is 152 Å². The summed E-state index contributed by atoms with van der Waals surface area (Å²) in [5.41, 5.74) is 9.35. The summed E-state index contributed by atoms with van der Waals surface area (Å²) >= 11 is 7.18. The molecule has 4 aromatic carbocycles. The molecule has 0 aliphatic carbocycles. The van der Waals surface area contributed by atoms with Crippen LogP contribution >= 0.6 is 31.9 Å². The highest BCUT2D eigenvalue weighted by Gasteiger charge is 2.19. The van der Waals surface area contributed by atoms with E-state index in [9.17, 15) is 28.6 Å². The lowest BCUT2D eigenvalue weighted by atomic mass is 9.92. The van der Waals surface area contributed by atoms with Gasteiger partial charge in [-0.1, -0.05) is 48.5 Å². The molecular formula is C52H54Br2F2N4O10. The van der Waals surface area contributed by atoms with E-state index in [1.807, 2.05) is 50.2 Å². The van der Waals surface area contributed by atoms with Gasteiger partial charge in [-0.3, -0.25) is 9.59 Å². The van der Waals surface area contributed by atoms with Crippen LogP contribution in [0, 0.1) is 39.3 Å². The summed E-state index contributed by atoms with van der Waals surface area (Å²) in [6.45, 7) is 8.30. The molecule has 0 unspecified atom stereocenters. The van der Waals surface area contributed by atoms with E-state index in [0.29, 0.717) is 31.2 Å². The Morgan fingerprint density at radius 2 is 0.943 bits per heavy atom. The number of carboxylic acids is 2. The number of benzene rings is 4. The molecule has 0 spiro atoms. The van der Waals surface area contributed by atoms with Gasteiger partial charge in [0.15, 0.2) is 0 Å². The lowest BCUT2D eigenvalue weighted by Crippen LogP contribution is -2.28. The Bertz CT molecular complexity index is 2630. The topological polar surface area (TPSA) is 202 Å². The molecular weight excluding hydrogens is 1040 g/mol. The fourth-order valence-corrected chi connectivity index (χ4v) is 8.40. The van der Waals surface area contributed by atoms with E-state index < -0.39 is 37.0 Å². The van der Waals surface area contributed by atoms with E-state index in [4.69, 9.17) is 39.1 Å². The third-order valence-electron chi connectivity index (χ3n) is 11.3. The molecule has 14 nitrogen and oxygen atoms in total. The van der Waals surface area contributed by atoms with E-state index in [1.54, 1.807) is 50.2 Å². The molecule has 0 aliphatic rings. The zero-order valence-electron chi connectivity index (χ0n) is 39.0. The summed E-state index contributed by atoms with van der Waals surface area (Å²) in [7, 11) is 0. The summed E-state index contributed by atoms with van der Waals surface area (Å²) in [6.07, 6.45) is -3.00. The van der Waals surface area contributed by atoms with Gasteiger partial charge in [-0.15, -0.1) is 0 Å². The number of aliphatic carboxylic acids is 2. The standard InChI is InChI=1S/C52H54Br2F2N4O10/c1-29-15-33(11-13-45(29)55)25-67-49-37(21-57-23-39(61)19-47(63)64)17-43(53)51(59-49)69-27-35-7-5-9-41(31(35)3)42-10-6-8-36(32(42)4)28-70-52-44(54)18-38(22-58-24-40(62)20-48(65)66)50(60-52)68-26-34-12-14-46(56)30(2)16-34/h5-18,39-40,57-58,61-62H,19-28H2,1-4H3,(H,63,64)(H,65,66)/t39-,40-/m0/s1. The van der Waals surface area contributed by atoms with E-state index >= 15 is 0 Å². The van der Waals surface area contributed by atoms with Crippen molar-refractivity contribution in [2.45, 2.75) is 92.3 Å². The zero-order valence-corrected chi connectivity index (χ0v) is 42.1. The van der Waals surface area contributed by atoms with Crippen molar-refractivity contribution in [3.05, 3.63) is 161 Å². The van der Waals surface area contributed by atoms with E-state index in [0.717, 1.165) is 44.5 Å². The van der Waals surface area contributed by atoms with Gasteiger partial charge < -0.3 is 50.0 Å². The maximum atomic E-state index is 14.0. The highest BCUT2D eigenvalue weighted by molar-refractivity contribution is 9.10. The number of aryl methyl sites for hydroxylation is 2. The van der Waals surface area contributed by atoms with Gasteiger partial charge in [0.05, 0.1) is 34.0 Å². The van der Waals surface area contributed by atoms with E-state index in [-0.39, 0.29) is 87.8 Å². The van der Waals surface area contributed by atoms with Crippen LogP contribution in [0.25, 0.3) is 11.1 Å². The van der Waals surface area contributed by atoms with Gasteiger partial charge >= 0.3 is 11.9 Å². The number of hydrogen-bond donors (Lipinski definition) is 6. The number of halogens is 4. The lowest BCUT2D eigenvalue weighted by Gasteiger charge is -2.18. The van der Waals surface area contributed by atoms with Gasteiger partial charge in [0.2, 0.25) is 23.5 Å². The van der Waals surface area contributed by atoms with Crippen LogP contribution in [0.3, 0.4) is 0 Å². The number of carbonyl (C=O) groups is 2. The number of carboxylic acid groups (broad SMARTS) is 2. The summed E-state index contributed by atoms with van der Waals surface area (Å²) in [5, 5.41) is 44.4. The number of nitrogens with zero attached hydrogens (tertiary/aromatic N) is 2. The Morgan fingerprint density at radius 1 is 0.557 bits per heavy atom. The molecule has 2 heterocycles. The summed E-state index contributed by atoms with van der Waals surface area (Å²) in [6, 6.07) is 24.9. The van der Waals surface area contributed by atoms with E-state index in [1.165, 1.54) is 12.1 Å². The maximum absolute atomic E-state index is 14.0. The van der Waals surface area contributed by atoms with Crippen molar-refractivity contribution >= 4 is 43.8 Å². The van der Waals surface area contributed by atoms with Crippen LogP contribution in [0.4, 0.5) is 8.78 Å². The predicted octanol–water partition coefficient (Wildman–Crippen LogP) is 9.35. The van der Waals surface area contributed by atoms with Gasteiger partial charge in [0.1, 0.15) is 38.1 Å². The molecule has 70 heavy (non-hydrogen) atoms. The second kappa shape index (κ2) is 25.2. The normalized spacial score (nSPS) is 12.1. The first kappa shape index (κ1) is 53.3. The lowest BCUT2D eigenvalue weighted by molar-refractivity contribution is -0.140. The smallest absolute Gasteiger partial charge is 0.306 e. The number of rotatable bonds is 25. The first-order valence-corrected chi connectivity index (χ1v) is 23.8. The second-order valence-electron chi connectivity index (χ2n) is 16.7. The minimum absolute atomic E-state index is 0.0241. The van der Waals surface area contributed by atoms with Crippen LogP contribution in [0.15, 0.2) is 93.9 Å². The minimum Gasteiger partial charge on any atom is -0.481 e. The molecule has 2 atom stereocenters. The molecule has 0 saturated carbocycles. The largest absolute Gasteiger partial charge is 0.481 e. The monoisotopic (exact) mass is 1090 g/mol. The van der Waals surface area contributed by atoms with Crippen LogP contribution in [-0.4, -0.2) is 67.6 Å². The zero-order chi connectivity index (χ0) is 50.5. The third-order valence-corrected chi connectivity index (χ3v) is 12.4. The van der Waals surface area contributed by atoms with Crippen LogP contribution in [0.1, 0.15) is 68.5 Å². The molecule has 6 aromatic rings. The van der Waals surface area contributed by atoms with E-state index in [2.05, 4.69) is 42.5 Å². The summed E-state index contributed by atoms with van der Waals surface area (Å²) in [5.74, 6) is -1.87. The second-order valence-corrected chi connectivity index (χ2v) is 18.5. The molecule has 6 N–H and O–H groups in total. The SMILES string of the molecule is Cc1cc(COc2nc(OCc3cccc(-c4cccc(COc5nc(OCc6ccc(F)c(C)c6)c(CNC[C@@H](O)CC(=O)O)cc5Br)c4C)c3C)c(Br)cc2CNC[C@@H](O)CC(=O)O)ccc1F. The van der Waals surface area contributed by atoms with Crippen molar-refractivity contribution < 1.29 is 57.7 Å². The molecule has 0 bridgehead atoms. The average molecular weight is 1090 g/mol. The highest BCUT2D eigenvalue weighted by Crippen LogP contribution is 2.35. The summed E-state index contributed by atoms with van der Waals surface area (Å²) in [4.78, 5) is 31.5. The highest BCUT2D eigenvalue weighted by atomic mass is 79.9. The number of hydrogen-bond acceptors (Lipinski definition) is 12. The van der Waals surface area contributed by atoms with Gasteiger partial charge in [0.25, 0.3) is 0 Å². The van der Waals surface area contributed by atoms with Crippen molar-refractivity contribution in [3.63, 3.8) is 0 Å². The van der Waals surface area contributed by atoms with Gasteiger partial charge in [0, 0.05) is 37.3 Å². The van der Waals surface area contributed by atoms with Crippen LogP contribution in [-0.2, 0) is 49.1 Å². The molecule has 0 fully saturated rings. The Balaban J connectivity index is 1.18. The molecule has 0 aliphatic heterocycles. The van der Waals surface area contributed by atoms with Crippen LogP contribution in [0.5, 0.6) is 23.5 Å². The van der Waals surface area contributed by atoms with Crippen molar-refractivity contribution in [1.29, 1.82) is 0 Å². The van der Waals surface area contributed by atoms with Crippen molar-refractivity contribution in [2.75, 3.05) is 13.1 Å². The maximum Gasteiger partial charge on any atom is 0.306 e. The fourth-order valence-electron chi connectivity index (χ4n) is 7.44. The number of aromatic nitrogens is 2. The molecule has 0 amide bonds. The molecule has 2 aromatic heterocycles. The number of pyridine rings is 2. The Hall–Kier alpha value is -6.02. The summed E-state index contributed by atoms with van der Waals surface area (Å²) < 4.78 is 54.1. The number of aliphatic hydroxyl groups excluding tert-OH is 2. The number of nitrogens with one attached hydrogen (secondary N) is 2. The molecule has 370 valence electrons. The first-order chi connectivity index (χ1) is 33.4. The molecule has 6 rings (SSSR count). The Labute approximate surface area is 421 Å². The fraction of sp³-hybridized carbons (Fsp3) is 0.308. The average Bonchev–Trinajstić information content (AvgIpc) is 3.30. The van der Waals surface area contributed by atoms with Crippen LogP contribution in [0.2, 0.25) is 0 Å². The molecule has 18 heteroatoms. The van der Waals surface area contributed by atoms with Crippen molar-refractivity contribution in [2.24, 2.45) is 0 Å². The van der Waals surface area contributed by atoms with Crippen LogP contribution < -0.4 is 29.6 Å². The molecule has 0 radical (unpaired) electrons. The first-order valence-electron chi connectivity index (χ1n) is 22.2. The third kappa shape index (κ3) is 15.0. The number of aliphatic hydroxyl groups is 2. The Kier molecular flexibility index (Phi) is 19.2. The number of ether oxygens (including phenoxy) is 4.